The third-order valence-corrected chi connectivity index (χ3v) is 3.50. The van der Waals surface area contributed by atoms with Gasteiger partial charge in [-0.15, -0.1) is 0 Å². The van der Waals surface area contributed by atoms with Crippen molar-refractivity contribution in [1.29, 1.82) is 0 Å². The van der Waals surface area contributed by atoms with Gasteiger partial charge in [0.15, 0.2) is 0 Å². The first kappa shape index (κ1) is 15.3. The van der Waals surface area contributed by atoms with Crippen molar-refractivity contribution in [3.63, 3.8) is 0 Å². The van der Waals surface area contributed by atoms with E-state index in [1.807, 2.05) is 25.3 Å². The Hall–Kier alpha value is -2.08. The van der Waals surface area contributed by atoms with Crippen LogP contribution in [0, 0.1) is 6.92 Å². The molecule has 0 atom stereocenters. The maximum atomic E-state index is 11.2. The molecule has 0 unspecified atom stereocenters. The van der Waals surface area contributed by atoms with Gasteiger partial charge in [0.2, 0.25) is 0 Å². The van der Waals surface area contributed by atoms with Crippen LogP contribution in [0.5, 0.6) is 0 Å². The molecule has 1 amide bonds. The van der Waals surface area contributed by atoms with Crippen LogP contribution in [0.3, 0.4) is 0 Å². The molecule has 0 aliphatic carbocycles. The number of nitrogens with zero attached hydrogens (tertiary/aromatic N) is 2. The molecule has 0 saturated carbocycles. The molecule has 3 N–H and O–H groups in total. The molecule has 0 aliphatic rings. The van der Waals surface area contributed by atoms with Gasteiger partial charge in [0.1, 0.15) is 11.5 Å². The Morgan fingerprint density at radius 1 is 1.43 bits per heavy atom. The van der Waals surface area contributed by atoms with Gasteiger partial charge < -0.3 is 9.72 Å². The lowest BCUT2D eigenvalue weighted by Crippen LogP contribution is -2.27. The number of nitrogens with one attached hydrogen (secondary N) is 2. The zero-order chi connectivity index (χ0) is 15.2. The van der Waals surface area contributed by atoms with E-state index in [4.69, 9.17) is 5.21 Å². The molecular formula is C15H22N4O2. The third-order valence-electron chi connectivity index (χ3n) is 3.50. The summed E-state index contributed by atoms with van der Waals surface area (Å²) in [6, 6.07) is 4.01. The van der Waals surface area contributed by atoms with Gasteiger partial charge in [0, 0.05) is 6.20 Å². The van der Waals surface area contributed by atoms with Gasteiger partial charge in [-0.05, 0) is 31.4 Å². The SMILES string of the molecule is CCCCCc1c(NCC(=O)NO)nc2c(C)cccn12. The lowest BCUT2D eigenvalue weighted by Gasteiger charge is -2.06. The van der Waals surface area contributed by atoms with Crippen molar-refractivity contribution in [3.8, 4) is 0 Å². The molecule has 2 aromatic rings. The number of hydrogen-bond donors (Lipinski definition) is 3. The standard InChI is InChI=1S/C15H22N4O2/c1-3-4-5-8-12-14(16-10-13(20)18-21)17-15-11(2)7-6-9-19(12)15/h6-7,9,16,21H,3-5,8,10H2,1-2H3,(H,18,20). The average Bonchev–Trinajstić information content (AvgIpc) is 2.85. The summed E-state index contributed by atoms with van der Waals surface area (Å²) in [4.78, 5) is 15.8. The van der Waals surface area contributed by atoms with Gasteiger partial charge in [0.05, 0.1) is 12.2 Å². The Kier molecular flexibility index (Phi) is 5.16. The average molecular weight is 290 g/mol. The van der Waals surface area contributed by atoms with E-state index in [0.29, 0.717) is 5.82 Å². The minimum atomic E-state index is -0.483. The lowest BCUT2D eigenvalue weighted by molar-refractivity contribution is -0.127. The van der Waals surface area contributed by atoms with E-state index in [0.717, 1.165) is 42.6 Å². The van der Waals surface area contributed by atoms with E-state index >= 15 is 0 Å². The van der Waals surface area contributed by atoms with Crippen LogP contribution in [0.1, 0.15) is 37.4 Å². The second-order valence-electron chi connectivity index (χ2n) is 5.14. The first-order valence-electron chi connectivity index (χ1n) is 7.30. The van der Waals surface area contributed by atoms with E-state index in [2.05, 4.69) is 21.6 Å². The number of rotatable bonds is 7. The molecule has 0 aromatic carbocycles. The first-order valence-corrected chi connectivity index (χ1v) is 7.30. The van der Waals surface area contributed by atoms with Crippen molar-refractivity contribution in [2.24, 2.45) is 0 Å². The van der Waals surface area contributed by atoms with Crippen molar-refractivity contribution < 1.29 is 10.0 Å². The quantitative estimate of drug-likeness (QED) is 0.415. The summed E-state index contributed by atoms with van der Waals surface area (Å²) in [6.07, 6.45) is 6.30. The summed E-state index contributed by atoms with van der Waals surface area (Å²) in [5.74, 6) is 0.229. The zero-order valence-electron chi connectivity index (χ0n) is 12.5. The minimum absolute atomic E-state index is 0.000206. The van der Waals surface area contributed by atoms with Crippen molar-refractivity contribution in [3.05, 3.63) is 29.6 Å². The molecule has 0 spiro atoms. The van der Waals surface area contributed by atoms with Crippen LogP contribution in [-0.2, 0) is 11.2 Å². The number of aryl methyl sites for hydroxylation is 2. The zero-order valence-corrected chi connectivity index (χ0v) is 12.5. The number of fused-ring (bicyclic) bond motifs is 1. The number of unbranched alkanes of at least 4 members (excludes halogenated alkanes) is 2. The molecule has 6 heteroatoms. The van der Waals surface area contributed by atoms with E-state index in [1.165, 1.54) is 0 Å². The van der Waals surface area contributed by atoms with Gasteiger partial charge in [-0.3, -0.25) is 10.0 Å². The highest BCUT2D eigenvalue weighted by Crippen LogP contribution is 2.22. The number of carbonyl (C=O) groups excluding carboxylic acids is 1. The van der Waals surface area contributed by atoms with Crippen LogP contribution >= 0.6 is 0 Å². The van der Waals surface area contributed by atoms with Gasteiger partial charge >= 0.3 is 0 Å². The molecule has 2 heterocycles. The van der Waals surface area contributed by atoms with Crippen LogP contribution < -0.4 is 10.8 Å². The number of pyridine rings is 1. The van der Waals surface area contributed by atoms with Crippen LogP contribution in [0.15, 0.2) is 18.3 Å². The number of carbonyl (C=O) groups is 1. The van der Waals surface area contributed by atoms with Crippen LogP contribution in [0.4, 0.5) is 5.82 Å². The number of aromatic nitrogens is 2. The molecule has 0 saturated heterocycles. The monoisotopic (exact) mass is 290 g/mol. The number of hydroxylamine groups is 1. The topological polar surface area (TPSA) is 78.7 Å². The fourth-order valence-electron chi connectivity index (χ4n) is 2.38. The summed E-state index contributed by atoms with van der Waals surface area (Å²) in [6.45, 7) is 4.19. The Morgan fingerprint density at radius 2 is 2.24 bits per heavy atom. The number of anilines is 1. The molecule has 0 radical (unpaired) electrons. The molecule has 2 rings (SSSR count). The van der Waals surface area contributed by atoms with Gasteiger partial charge in [0.25, 0.3) is 5.91 Å². The second kappa shape index (κ2) is 7.08. The predicted octanol–water partition coefficient (Wildman–Crippen LogP) is 2.29. The summed E-state index contributed by atoms with van der Waals surface area (Å²) in [7, 11) is 0. The molecular weight excluding hydrogens is 268 g/mol. The van der Waals surface area contributed by atoms with Crippen molar-refractivity contribution in [2.75, 3.05) is 11.9 Å². The van der Waals surface area contributed by atoms with Gasteiger partial charge in [-0.25, -0.2) is 10.5 Å². The summed E-state index contributed by atoms with van der Waals surface area (Å²) in [5, 5.41) is 11.6. The number of hydrogen-bond acceptors (Lipinski definition) is 4. The molecule has 0 aliphatic heterocycles. The van der Waals surface area contributed by atoms with Gasteiger partial charge in [-0.1, -0.05) is 25.8 Å². The molecule has 0 bridgehead atoms. The fourth-order valence-corrected chi connectivity index (χ4v) is 2.38. The van der Waals surface area contributed by atoms with Crippen LogP contribution in [-0.4, -0.2) is 27.0 Å². The molecule has 6 nitrogen and oxygen atoms in total. The number of amides is 1. The van der Waals surface area contributed by atoms with Crippen LogP contribution in [0.2, 0.25) is 0 Å². The highest BCUT2D eigenvalue weighted by atomic mass is 16.5. The minimum Gasteiger partial charge on any atom is -0.359 e. The van der Waals surface area contributed by atoms with Crippen molar-refractivity contribution >= 4 is 17.4 Å². The smallest absolute Gasteiger partial charge is 0.262 e. The summed E-state index contributed by atoms with van der Waals surface area (Å²) >= 11 is 0. The van der Waals surface area contributed by atoms with Gasteiger partial charge in [-0.2, -0.15) is 0 Å². The Bertz CT molecular complexity index is 621. The largest absolute Gasteiger partial charge is 0.359 e. The van der Waals surface area contributed by atoms with Crippen molar-refractivity contribution in [1.82, 2.24) is 14.9 Å². The normalized spacial score (nSPS) is 10.8. The fraction of sp³-hybridized carbons (Fsp3) is 0.467. The molecule has 114 valence electrons. The maximum Gasteiger partial charge on any atom is 0.262 e. The van der Waals surface area contributed by atoms with E-state index in [9.17, 15) is 4.79 Å². The molecule has 0 fully saturated rings. The molecule has 21 heavy (non-hydrogen) atoms. The van der Waals surface area contributed by atoms with E-state index < -0.39 is 5.91 Å². The van der Waals surface area contributed by atoms with E-state index in [1.54, 1.807) is 5.48 Å². The van der Waals surface area contributed by atoms with Crippen LogP contribution in [0.25, 0.3) is 5.65 Å². The summed E-state index contributed by atoms with van der Waals surface area (Å²) < 4.78 is 2.07. The first-order chi connectivity index (χ1) is 10.2. The third kappa shape index (κ3) is 3.52. The Morgan fingerprint density at radius 3 is 2.95 bits per heavy atom. The summed E-state index contributed by atoms with van der Waals surface area (Å²) in [5.41, 5.74) is 4.68. The number of imidazole rings is 1. The molecule has 2 aromatic heterocycles. The van der Waals surface area contributed by atoms with E-state index in [-0.39, 0.29) is 6.54 Å². The Labute approximate surface area is 124 Å². The predicted molar refractivity (Wildman–Crippen MR) is 81.6 cm³/mol. The highest BCUT2D eigenvalue weighted by molar-refractivity contribution is 5.79. The highest BCUT2D eigenvalue weighted by Gasteiger charge is 2.13. The second-order valence-corrected chi connectivity index (χ2v) is 5.14. The lowest BCUT2D eigenvalue weighted by atomic mass is 10.1. The van der Waals surface area contributed by atoms with Crippen molar-refractivity contribution in [2.45, 2.75) is 39.5 Å². The Balaban J connectivity index is 2.30. The maximum absolute atomic E-state index is 11.2.